The minimum atomic E-state index is -3.76. The third-order valence-electron chi connectivity index (χ3n) is 3.59. The number of nitrogens with zero attached hydrogens (tertiary/aromatic N) is 1. The number of rotatable bonds is 8. The topological polar surface area (TPSA) is 111 Å². The van der Waals surface area contributed by atoms with Crippen molar-refractivity contribution in [3.05, 3.63) is 17.0 Å². The van der Waals surface area contributed by atoms with Crippen LogP contribution in [0.15, 0.2) is 15.7 Å². The molecule has 1 fully saturated rings. The first-order valence-electron chi connectivity index (χ1n) is 7.54. The SMILES string of the molecule is CN(C)CCO[C@@H]1CCOC[C@@H]1NS(=O)(=O)c1cc(C(N)=O)cs1. The summed E-state index contributed by atoms with van der Waals surface area (Å²) in [5.41, 5.74) is 5.34. The Morgan fingerprint density at radius 2 is 2.29 bits per heavy atom. The monoisotopic (exact) mass is 377 g/mol. The van der Waals surface area contributed by atoms with E-state index in [0.717, 1.165) is 17.9 Å². The molecule has 1 aromatic rings. The van der Waals surface area contributed by atoms with Crippen LogP contribution < -0.4 is 10.5 Å². The lowest BCUT2D eigenvalue weighted by Crippen LogP contribution is -2.50. The lowest BCUT2D eigenvalue weighted by molar-refractivity contribution is -0.0527. The normalized spacial score (nSPS) is 22.0. The molecule has 0 aliphatic carbocycles. The molecule has 0 radical (unpaired) electrons. The van der Waals surface area contributed by atoms with Crippen molar-refractivity contribution < 1.29 is 22.7 Å². The molecule has 2 rings (SSSR count). The van der Waals surface area contributed by atoms with E-state index in [4.69, 9.17) is 15.2 Å². The number of hydrogen-bond acceptors (Lipinski definition) is 7. The van der Waals surface area contributed by atoms with Gasteiger partial charge in [0.1, 0.15) is 4.21 Å². The van der Waals surface area contributed by atoms with Gasteiger partial charge in [0.2, 0.25) is 15.9 Å². The van der Waals surface area contributed by atoms with Crippen LogP contribution in [-0.4, -0.2) is 71.8 Å². The van der Waals surface area contributed by atoms with Gasteiger partial charge < -0.3 is 20.1 Å². The largest absolute Gasteiger partial charge is 0.380 e. The molecule has 1 aliphatic heterocycles. The number of nitrogens with two attached hydrogens (primary N) is 1. The number of carbonyl (C=O) groups is 1. The molecule has 2 atom stereocenters. The molecule has 0 spiro atoms. The summed E-state index contributed by atoms with van der Waals surface area (Å²) in [6.45, 7) is 2.06. The number of hydrogen-bond donors (Lipinski definition) is 2. The van der Waals surface area contributed by atoms with Crippen LogP contribution in [0.25, 0.3) is 0 Å². The third kappa shape index (κ3) is 5.23. The van der Waals surface area contributed by atoms with E-state index in [0.29, 0.717) is 19.6 Å². The zero-order valence-electron chi connectivity index (χ0n) is 13.7. The number of ether oxygens (including phenoxy) is 2. The van der Waals surface area contributed by atoms with Gasteiger partial charge in [-0.25, -0.2) is 13.1 Å². The second-order valence-corrected chi connectivity index (χ2v) is 8.67. The second-order valence-electron chi connectivity index (χ2n) is 5.82. The summed E-state index contributed by atoms with van der Waals surface area (Å²) < 4.78 is 38.8. The van der Waals surface area contributed by atoms with Crippen molar-refractivity contribution in [1.29, 1.82) is 0 Å². The highest BCUT2D eigenvalue weighted by Gasteiger charge is 2.31. The highest BCUT2D eigenvalue weighted by molar-refractivity contribution is 7.91. The van der Waals surface area contributed by atoms with Crippen LogP contribution >= 0.6 is 11.3 Å². The van der Waals surface area contributed by atoms with Crippen molar-refractivity contribution in [2.45, 2.75) is 22.8 Å². The van der Waals surface area contributed by atoms with E-state index in [1.807, 2.05) is 19.0 Å². The Bertz CT molecular complexity index is 659. The second kappa shape index (κ2) is 8.37. The Morgan fingerprint density at radius 1 is 1.54 bits per heavy atom. The molecule has 136 valence electrons. The molecule has 1 aromatic heterocycles. The maximum Gasteiger partial charge on any atom is 0.250 e. The number of likely N-dealkylation sites (N-methyl/N-ethyl adjacent to an activating group) is 1. The summed E-state index contributed by atoms with van der Waals surface area (Å²) in [5, 5.41) is 1.43. The van der Waals surface area contributed by atoms with E-state index < -0.39 is 22.0 Å². The van der Waals surface area contributed by atoms with Gasteiger partial charge in [0.25, 0.3) is 0 Å². The highest BCUT2D eigenvalue weighted by atomic mass is 32.2. The molecular weight excluding hydrogens is 354 g/mol. The fourth-order valence-electron chi connectivity index (χ4n) is 2.26. The molecule has 0 saturated carbocycles. The maximum absolute atomic E-state index is 12.5. The third-order valence-corrected chi connectivity index (χ3v) is 6.52. The molecule has 3 N–H and O–H groups in total. The minimum absolute atomic E-state index is 0.0499. The van der Waals surface area contributed by atoms with Gasteiger partial charge >= 0.3 is 0 Å². The van der Waals surface area contributed by atoms with Gasteiger partial charge in [0.15, 0.2) is 0 Å². The van der Waals surface area contributed by atoms with Crippen molar-refractivity contribution in [2.75, 3.05) is 40.5 Å². The average Bonchev–Trinajstić information content (AvgIpc) is 2.99. The number of sulfonamides is 1. The number of nitrogens with one attached hydrogen (secondary N) is 1. The molecule has 8 nitrogen and oxygen atoms in total. The molecule has 24 heavy (non-hydrogen) atoms. The first-order valence-corrected chi connectivity index (χ1v) is 9.90. The molecule has 1 aliphatic rings. The van der Waals surface area contributed by atoms with Gasteiger partial charge in [0.05, 0.1) is 30.9 Å². The van der Waals surface area contributed by atoms with Crippen molar-refractivity contribution in [3.63, 3.8) is 0 Å². The van der Waals surface area contributed by atoms with Crippen LogP contribution in [0.1, 0.15) is 16.8 Å². The maximum atomic E-state index is 12.5. The van der Waals surface area contributed by atoms with E-state index in [2.05, 4.69) is 4.72 Å². The molecule has 2 heterocycles. The minimum Gasteiger partial charge on any atom is -0.380 e. The zero-order valence-corrected chi connectivity index (χ0v) is 15.4. The van der Waals surface area contributed by atoms with E-state index in [1.54, 1.807) is 0 Å². The van der Waals surface area contributed by atoms with E-state index in [1.165, 1.54) is 11.4 Å². The van der Waals surface area contributed by atoms with Crippen molar-refractivity contribution in [2.24, 2.45) is 5.73 Å². The predicted octanol–water partition coefficient (Wildman–Crippen LogP) is -0.139. The Labute approximate surface area is 146 Å². The van der Waals surface area contributed by atoms with Gasteiger partial charge in [-0.1, -0.05) is 0 Å². The molecular formula is C14H23N3O5S2. The van der Waals surface area contributed by atoms with Crippen LogP contribution in [0.5, 0.6) is 0 Å². The molecule has 0 aromatic carbocycles. The Hall–Kier alpha value is -1.04. The quantitative estimate of drug-likeness (QED) is 0.652. The van der Waals surface area contributed by atoms with Crippen molar-refractivity contribution >= 4 is 27.3 Å². The standard InChI is InChI=1S/C14H23N3O5S2/c1-17(2)4-6-22-12-3-5-21-8-11(12)16-24(19,20)13-7-10(9-23-13)14(15)18/h7,9,11-12,16H,3-6,8H2,1-2H3,(H2,15,18)/t11-,12+/m0/s1. The number of primary amides is 1. The molecule has 1 saturated heterocycles. The van der Waals surface area contributed by atoms with Crippen LogP contribution in [0.2, 0.25) is 0 Å². The van der Waals surface area contributed by atoms with Crippen molar-refractivity contribution in [1.82, 2.24) is 9.62 Å². The van der Waals surface area contributed by atoms with Crippen LogP contribution in [0.3, 0.4) is 0 Å². The van der Waals surface area contributed by atoms with Crippen molar-refractivity contribution in [3.8, 4) is 0 Å². The number of carbonyl (C=O) groups excluding carboxylic acids is 1. The van der Waals surface area contributed by atoms with E-state index >= 15 is 0 Å². The van der Waals surface area contributed by atoms with Gasteiger partial charge in [0, 0.05) is 18.5 Å². The van der Waals surface area contributed by atoms with E-state index in [-0.39, 0.29) is 22.5 Å². The van der Waals surface area contributed by atoms with Gasteiger partial charge in [-0.2, -0.15) is 0 Å². The first-order chi connectivity index (χ1) is 11.3. The van der Waals surface area contributed by atoms with E-state index in [9.17, 15) is 13.2 Å². The molecule has 0 bridgehead atoms. The summed E-state index contributed by atoms with van der Waals surface area (Å²) in [5.74, 6) is -0.654. The summed E-state index contributed by atoms with van der Waals surface area (Å²) in [4.78, 5) is 13.1. The van der Waals surface area contributed by atoms with Crippen LogP contribution in [0.4, 0.5) is 0 Å². The summed E-state index contributed by atoms with van der Waals surface area (Å²) in [6, 6.07) is 0.811. The fraction of sp³-hybridized carbons (Fsp3) is 0.643. The Kier molecular flexibility index (Phi) is 6.72. The van der Waals surface area contributed by atoms with Gasteiger partial charge in [-0.15, -0.1) is 11.3 Å². The molecule has 1 amide bonds. The number of thiophene rings is 1. The Morgan fingerprint density at radius 3 is 2.92 bits per heavy atom. The average molecular weight is 377 g/mol. The number of amides is 1. The predicted molar refractivity (Wildman–Crippen MR) is 90.7 cm³/mol. The van der Waals surface area contributed by atoms with Gasteiger partial charge in [-0.05, 0) is 26.6 Å². The summed E-state index contributed by atoms with van der Waals surface area (Å²) in [7, 11) is 0.134. The fourth-order valence-corrected chi connectivity index (χ4v) is 4.69. The Balaban J connectivity index is 2.03. The summed E-state index contributed by atoms with van der Waals surface area (Å²) >= 11 is 0.957. The highest BCUT2D eigenvalue weighted by Crippen LogP contribution is 2.22. The van der Waals surface area contributed by atoms with Crippen LogP contribution in [-0.2, 0) is 19.5 Å². The van der Waals surface area contributed by atoms with Crippen LogP contribution in [0, 0.1) is 0 Å². The van der Waals surface area contributed by atoms with Gasteiger partial charge in [-0.3, -0.25) is 4.79 Å². The molecule has 0 unspecified atom stereocenters. The lowest BCUT2D eigenvalue weighted by atomic mass is 10.1. The smallest absolute Gasteiger partial charge is 0.250 e. The first kappa shape index (κ1) is 19.3. The molecule has 10 heteroatoms. The lowest BCUT2D eigenvalue weighted by Gasteiger charge is -2.32. The summed E-state index contributed by atoms with van der Waals surface area (Å²) in [6.07, 6.45) is 0.376. The zero-order chi connectivity index (χ0) is 17.7.